The molecule has 19 heavy (non-hydrogen) atoms. The minimum atomic E-state index is -1.45. The summed E-state index contributed by atoms with van der Waals surface area (Å²) in [6, 6.07) is 3.94. The molecule has 3 N–H and O–H groups in total. The molecule has 1 saturated carbocycles. The first kappa shape index (κ1) is 14.4. The van der Waals surface area contributed by atoms with Crippen LogP contribution in [0.5, 0.6) is 0 Å². The molecule has 1 atom stereocenters. The van der Waals surface area contributed by atoms with E-state index >= 15 is 0 Å². The van der Waals surface area contributed by atoms with E-state index in [1.165, 1.54) is 12.1 Å². The van der Waals surface area contributed by atoms with Gasteiger partial charge in [0.25, 0.3) is 0 Å². The van der Waals surface area contributed by atoms with Crippen LogP contribution in [0, 0.1) is 17.0 Å². The van der Waals surface area contributed by atoms with Crippen molar-refractivity contribution in [2.45, 2.75) is 44.6 Å². The first-order valence-electron chi connectivity index (χ1n) is 6.81. The van der Waals surface area contributed by atoms with Crippen molar-refractivity contribution < 1.29 is 13.9 Å². The third kappa shape index (κ3) is 2.28. The van der Waals surface area contributed by atoms with Crippen LogP contribution >= 0.6 is 0 Å². The molecule has 0 spiro atoms. The van der Waals surface area contributed by atoms with E-state index in [4.69, 9.17) is 5.73 Å². The van der Waals surface area contributed by atoms with Gasteiger partial charge in [-0.2, -0.15) is 0 Å². The highest BCUT2D eigenvalue weighted by Gasteiger charge is 2.48. The Morgan fingerprint density at radius 1 is 1.26 bits per heavy atom. The molecule has 1 aliphatic carbocycles. The molecule has 1 aromatic rings. The molecule has 1 aliphatic rings. The minimum absolute atomic E-state index is 0.0138. The van der Waals surface area contributed by atoms with E-state index < -0.39 is 22.7 Å². The van der Waals surface area contributed by atoms with Crippen LogP contribution in [-0.2, 0) is 5.60 Å². The van der Waals surface area contributed by atoms with Crippen LogP contribution in [-0.4, -0.2) is 11.7 Å². The molecule has 0 radical (unpaired) electrons. The van der Waals surface area contributed by atoms with Crippen molar-refractivity contribution in [2.75, 3.05) is 6.54 Å². The quantitative estimate of drug-likeness (QED) is 0.885. The first-order valence-corrected chi connectivity index (χ1v) is 6.81. The lowest BCUT2D eigenvalue weighted by atomic mass is 9.61. The predicted octanol–water partition coefficient (Wildman–Crippen LogP) is 3.08. The molecule has 1 fully saturated rings. The molecule has 0 aromatic heterocycles. The molecular formula is C15H21F2NO. The summed E-state index contributed by atoms with van der Waals surface area (Å²) in [4.78, 5) is 0. The lowest BCUT2D eigenvalue weighted by Gasteiger charge is -2.47. The smallest absolute Gasteiger partial charge is 0.164 e. The predicted molar refractivity (Wildman–Crippen MR) is 70.5 cm³/mol. The molecule has 0 bridgehead atoms. The number of hydrogen-bond donors (Lipinski definition) is 2. The summed E-state index contributed by atoms with van der Waals surface area (Å²) >= 11 is 0. The molecule has 0 aliphatic heterocycles. The first-order chi connectivity index (χ1) is 8.94. The molecule has 0 amide bonds. The van der Waals surface area contributed by atoms with E-state index in [0.29, 0.717) is 0 Å². The summed E-state index contributed by atoms with van der Waals surface area (Å²) in [6.45, 7) is 1.83. The molecule has 1 unspecified atom stereocenters. The largest absolute Gasteiger partial charge is 0.385 e. The highest BCUT2D eigenvalue weighted by molar-refractivity contribution is 5.28. The molecule has 106 valence electrons. The van der Waals surface area contributed by atoms with Crippen LogP contribution in [0.1, 0.15) is 44.6 Å². The Hall–Kier alpha value is -1.00. The zero-order valence-corrected chi connectivity index (χ0v) is 11.3. The second-order valence-electron chi connectivity index (χ2n) is 5.72. The van der Waals surface area contributed by atoms with E-state index in [-0.39, 0.29) is 12.1 Å². The van der Waals surface area contributed by atoms with Gasteiger partial charge in [0.15, 0.2) is 11.6 Å². The van der Waals surface area contributed by atoms with Crippen molar-refractivity contribution in [3.8, 4) is 0 Å². The van der Waals surface area contributed by atoms with Gasteiger partial charge in [-0.15, -0.1) is 0 Å². The summed E-state index contributed by atoms with van der Waals surface area (Å²) < 4.78 is 27.4. The summed E-state index contributed by atoms with van der Waals surface area (Å²) in [6.07, 6.45) is 4.51. The number of aliphatic hydroxyl groups is 1. The van der Waals surface area contributed by atoms with Gasteiger partial charge in [0.05, 0.1) is 5.60 Å². The number of nitrogens with two attached hydrogens (primary N) is 1. The van der Waals surface area contributed by atoms with E-state index in [1.54, 1.807) is 6.92 Å². The Morgan fingerprint density at radius 3 is 2.47 bits per heavy atom. The Morgan fingerprint density at radius 2 is 1.89 bits per heavy atom. The van der Waals surface area contributed by atoms with E-state index in [0.717, 1.165) is 38.2 Å². The van der Waals surface area contributed by atoms with Gasteiger partial charge in [-0.1, -0.05) is 31.4 Å². The molecule has 1 aromatic carbocycles. The maximum Gasteiger partial charge on any atom is 0.164 e. The lowest BCUT2D eigenvalue weighted by Crippen LogP contribution is -2.50. The van der Waals surface area contributed by atoms with Crippen LogP contribution in [0.25, 0.3) is 0 Å². The van der Waals surface area contributed by atoms with Gasteiger partial charge in [-0.05, 0) is 25.8 Å². The van der Waals surface area contributed by atoms with E-state index in [1.807, 2.05) is 0 Å². The van der Waals surface area contributed by atoms with Gasteiger partial charge in [0.1, 0.15) is 0 Å². The van der Waals surface area contributed by atoms with Crippen molar-refractivity contribution in [3.05, 3.63) is 35.4 Å². The van der Waals surface area contributed by atoms with Crippen molar-refractivity contribution in [3.63, 3.8) is 0 Å². The Bertz CT molecular complexity index is 453. The standard InChI is InChI=1S/C15H21F2NO/c1-14(19,11-6-5-7-12(16)13(11)17)15(10-18)8-3-2-4-9-15/h5-7,19H,2-4,8-10,18H2,1H3. The van der Waals surface area contributed by atoms with Crippen molar-refractivity contribution in [1.82, 2.24) is 0 Å². The Kier molecular flexibility index (Phi) is 3.92. The summed E-state index contributed by atoms with van der Waals surface area (Å²) in [7, 11) is 0. The highest BCUT2D eigenvalue weighted by Crippen LogP contribution is 2.49. The summed E-state index contributed by atoms with van der Waals surface area (Å²) in [5, 5.41) is 10.9. The molecule has 0 heterocycles. The van der Waals surface area contributed by atoms with Gasteiger partial charge >= 0.3 is 0 Å². The van der Waals surface area contributed by atoms with Crippen LogP contribution in [0.4, 0.5) is 8.78 Å². The summed E-state index contributed by atoms with van der Waals surface area (Å²) in [5.74, 6) is -1.90. The fourth-order valence-corrected chi connectivity index (χ4v) is 3.28. The second kappa shape index (κ2) is 5.17. The average Bonchev–Trinajstić information content (AvgIpc) is 2.42. The number of rotatable bonds is 3. The number of hydrogen-bond acceptors (Lipinski definition) is 2. The fourth-order valence-electron chi connectivity index (χ4n) is 3.28. The van der Waals surface area contributed by atoms with Gasteiger partial charge < -0.3 is 10.8 Å². The van der Waals surface area contributed by atoms with Gasteiger partial charge in [-0.25, -0.2) is 8.78 Å². The molecular weight excluding hydrogens is 248 g/mol. The molecule has 2 nitrogen and oxygen atoms in total. The maximum atomic E-state index is 14.0. The Labute approximate surface area is 112 Å². The highest BCUT2D eigenvalue weighted by atomic mass is 19.2. The van der Waals surface area contributed by atoms with Crippen LogP contribution in [0.3, 0.4) is 0 Å². The zero-order chi connectivity index (χ0) is 14.1. The number of halogens is 2. The molecule has 4 heteroatoms. The zero-order valence-electron chi connectivity index (χ0n) is 11.3. The van der Waals surface area contributed by atoms with Crippen LogP contribution in [0.15, 0.2) is 18.2 Å². The van der Waals surface area contributed by atoms with E-state index in [9.17, 15) is 13.9 Å². The van der Waals surface area contributed by atoms with Crippen molar-refractivity contribution in [1.29, 1.82) is 0 Å². The monoisotopic (exact) mass is 269 g/mol. The van der Waals surface area contributed by atoms with Crippen LogP contribution < -0.4 is 5.73 Å². The van der Waals surface area contributed by atoms with Crippen LogP contribution in [0.2, 0.25) is 0 Å². The fraction of sp³-hybridized carbons (Fsp3) is 0.600. The summed E-state index contributed by atoms with van der Waals surface area (Å²) in [5.41, 5.74) is 3.87. The third-order valence-electron chi connectivity index (χ3n) is 4.71. The second-order valence-corrected chi connectivity index (χ2v) is 5.72. The maximum absolute atomic E-state index is 14.0. The van der Waals surface area contributed by atoms with Crippen molar-refractivity contribution >= 4 is 0 Å². The average molecular weight is 269 g/mol. The van der Waals surface area contributed by atoms with Gasteiger partial charge in [-0.3, -0.25) is 0 Å². The lowest BCUT2D eigenvalue weighted by molar-refractivity contribution is -0.0943. The van der Waals surface area contributed by atoms with Gasteiger partial charge in [0, 0.05) is 17.5 Å². The third-order valence-corrected chi connectivity index (χ3v) is 4.71. The minimum Gasteiger partial charge on any atom is -0.385 e. The van der Waals surface area contributed by atoms with Gasteiger partial charge in [0.2, 0.25) is 0 Å². The number of benzene rings is 1. The Balaban J connectivity index is 2.47. The topological polar surface area (TPSA) is 46.2 Å². The molecule has 2 rings (SSSR count). The molecule has 0 saturated heterocycles. The normalized spacial score (nSPS) is 21.9. The van der Waals surface area contributed by atoms with E-state index in [2.05, 4.69) is 0 Å². The SMILES string of the molecule is CC(O)(c1cccc(F)c1F)C1(CN)CCCCC1. The van der Waals surface area contributed by atoms with Crippen molar-refractivity contribution in [2.24, 2.45) is 11.1 Å².